The molecule has 1 aromatic rings. The van der Waals surface area contributed by atoms with Crippen molar-refractivity contribution in [1.29, 1.82) is 0 Å². The second kappa shape index (κ2) is 4.65. The minimum Gasteiger partial charge on any atom is -0.493 e. The molecule has 16 heavy (non-hydrogen) atoms. The Hall–Kier alpha value is -1.36. The summed E-state index contributed by atoms with van der Waals surface area (Å²) in [6.45, 7) is 2.90. The van der Waals surface area contributed by atoms with Gasteiger partial charge in [0.25, 0.3) is 5.56 Å². The quantitative estimate of drug-likeness (QED) is 0.710. The Morgan fingerprint density at radius 3 is 2.94 bits per heavy atom. The summed E-state index contributed by atoms with van der Waals surface area (Å²) in [6.07, 6.45) is 3.41. The zero-order chi connectivity index (χ0) is 11.5. The van der Waals surface area contributed by atoms with Crippen molar-refractivity contribution in [2.75, 3.05) is 6.54 Å². The van der Waals surface area contributed by atoms with Gasteiger partial charge in [-0.1, -0.05) is 13.3 Å². The molecular formula is C11H17N3O2. The first-order valence-corrected chi connectivity index (χ1v) is 5.77. The van der Waals surface area contributed by atoms with Crippen LogP contribution in [0.1, 0.15) is 43.6 Å². The molecule has 5 nitrogen and oxygen atoms in total. The zero-order valence-corrected chi connectivity index (χ0v) is 9.42. The Kier molecular flexibility index (Phi) is 3.24. The van der Waals surface area contributed by atoms with Crippen LogP contribution in [0, 0.1) is 0 Å². The molecule has 0 aliphatic carbocycles. The van der Waals surface area contributed by atoms with Gasteiger partial charge in [-0.2, -0.15) is 4.98 Å². The van der Waals surface area contributed by atoms with Crippen LogP contribution < -0.4 is 10.9 Å². The molecular weight excluding hydrogens is 206 g/mol. The number of aromatic nitrogens is 2. The van der Waals surface area contributed by atoms with Crippen molar-refractivity contribution < 1.29 is 5.11 Å². The highest BCUT2D eigenvalue weighted by Crippen LogP contribution is 2.21. The predicted molar refractivity (Wildman–Crippen MR) is 60.5 cm³/mol. The van der Waals surface area contributed by atoms with Crippen molar-refractivity contribution in [1.82, 2.24) is 15.3 Å². The van der Waals surface area contributed by atoms with E-state index in [0.717, 1.165) is 25.8 Å². The molecule has 88 valence electrons. The van der Waals surface area contributed by atoms with E-state index in [-0.39, 0.29) is 17.5 Å². The Bertz CT molecular complexity index is 422. The van der Waals surface area contributed by atoms with Crippen LogP contribution in [-0.2, 0) is 6.42 Å². The first-order valence-electron chi connectivity index (χ1n) is 5.77. The van der Waals surface area contributed by atoms with Crippen molar-refractivity contribution in [2.24, 2.45) is 0 Å². The summed E-state index contributed by atoms with van der Waals surface area (Å²) in [7, 11) is 0. The van der Waals surface area contributed by atoms with Crippen LogP contribution in [0.5, 0.6) is 5.88 Å². The van der Waals surface area contributed by atoms with Crippen molar-refractivity contribution in [3.8, 4) is 5.88 Å². The summed E-state index contributed by atoms with van der Waals surface area (Å²) >= 11 is 0. The molecule has 1 saturated heterocycles. The Morgan fingerprint density at radius 2 is 2.38 bits per heavy atom. The molecule has 1 aliphatic heterocycles. The lowest BCUT2D eigenvalue weighted by Gasteiger charge is -2.10. The number of rotatable bonds is 3. The van der Waals surface area contributed by atoms with E-state index in [9.17, 15) is 9.90 Å². The number of aromatic hydroxyl groups is 1. The second-order valence-corrected chi connectivity index (χ2v) is 4.15. The van der Waals surface area contributed by atoms with Crippen molar-refractivity contribution in [3.05, 3.63) is 21.7 Å². The smallest absolute Gasteiger partial charge is 0.257 e. The molecule has 1 aliphatic rings. The molecule has 1 unspecified atom stereocenters. The van der Waals surface area contributed by atoms with Crippen LogP contribution in [0.4, 0.5) is 0 Å². The maximum Gasteiger partial charge on any atom is 0.257 e. The van der Waals surface area contributed by atoms with E-state index in [1.54, 1.807) is 0 Å². The van der Waals surface area contributed by atoms with Crippen molar-refractivity contribution in [3.63, 3.8) is 0 Å². The van der Waals surface area contributed by atoms with Crippen LogP contribution in [0.25, 0.3) is 0 Å². The molecule has 1 fully saturated rings. The minimum atomic E-state index is -0.210. The molecule has 5 heteroatoms. The monoisotopic (exact) mass is 223 g/mol. The lowest BCUT2D eigenvalue weighted by Crippen LogP contribution is -2.22. The third kappa shape index (κ3) is 2.09. The van der Waals surface area contributed by atoms with Gasteiger partial charge in [-0.3, -0.25) is 4.79 Å². The number of aromatic amines is 1. The third-order valence-corrected chi connectivity index (χ3v) is 2.90. The van der Waals surface area contributed by atoms with Crippen LogP contribution in [-0.4, -0.2) is 21.6 Å². The average molecular weight is 223 g/mol. The van der Waals surface area contributed by atoms with Crippen molar-refractivity contribution in [2.45, 2.75) is 38.6 Å². The Labute approximate surface area is 93.9 Å². The molecule has 0 aromatic carbocycles. The van der Waals surface area contributed by atoms with Gasteiger partial charge in [0, 0.05) is 0 Å². The summed E-state index contributed by atoms with van der Waals surface area (Å²) in [4.78, 5) is 18.6. The largest absolute Gasteiger partial charge is 0.493 e. The summed E-state index contributed by atoms with van der Waals surface area (Å²) in [5, 5.41) is 12.9. The minimum absolute atomic E-state index is 0.0780. The van der Waals surface area contributed by atoms with Crippen LogP contribution in [0.15, 0.2) is 4.79 Å². The van der Waals surface area contributed by atoms with Crippen LogP contribution in [0.2, 0.25) is 0 Å². The van der Waals surface area contributed by atoms with E-state index >= 15 is 0 Å². The number of hydrogen-bond donors (Lipinski definition) is 3. The van der Waals surface area contributed by atoms with E-state index in [1.165, 1.54) is 0 Å². The van der Waals surface area contributed by atoms with Gasteiger partial charge in [0.2, 0.25) is 5.88 Å². The third-order valence-electron chi connectivity index (χ3n) is 2.90. The number of H-pyrrole nitrogens is 1. The highest BCUT2D eigenvalue weighted by atomic mass is 16.3. The van der Waals surface area contributed by atoms with E-state index < -0.39 is 0 Å². The Balaban J connectivity index is 2.32. The molecule has 0 saturated carbocycles. The van der Waals surface area contributed by atoms with Gasteiger partial charge in [-0.05, 0) is 25.8 Å². The van der Waals surface area contributed by atoms with Gasteiger partial charge in [-0.25, -0.2) is 0 Å². The molecule has 0 radical (unpaired) electrons. The number of nitrogens with zero attached hydrogens (tertiary/aromatic N) is 1. The normalized spacial score (nSPS) is 20.2. The molecule has 0 bridgehead atoms. The van der Waals surface area contributed by atoms with Gasteiger partial charge in [-0.15, -0.1) is 0 Å². The molecule has 1 aromatic heterocycles. The van der Waals surface area contributed by atoms with E-state index in [4.69, 9.17) is 0 Å². The zero-order valence-electron chi connectivity index (χ0n) is 9.42. The van der Waals surface area contributed by atoms with Gasteiger partial charge in [0.05, 0.1) is 11.6 Å². The Morgan fingerprint density at radius 1 is 1.56 bits per heavy atom. The second-order valence-electron chi connectivity index (χ2n) is 4.15. The average Bonchev–Trinajstić information content (AvgIpc) is 2.76. The summed E-state index contributed by atoms with van der Waals surface area (Å²) in [5.74, 6) is 0.439. The molecule has 0 spiro atoms. The molecule has 3 N–H and O–H groups in total. The van der Waals surface area contributed by atoms with Crippen LogP contribution >= 0.6 is 0 Å². The SMILES string of the molecule is CCCc1c(O)nc(C2CCCN2)[nH]c1=O. The summed E-state index contributed by atoms with van der Waals surface area (Å²) in [6, 6.07) is 0.0780. The first kappa shape index (κ1) is 11.1. The highest BCUT2D eigenvalue weighted by Gasteiger charge is 2.20. The van der Waals surface area contributed by atoms with Gasteiger partial charge >= 0.3 is 0 Å². The topological polar surface area (TPSA) is 78.0 Å². The highest BCUT2D eigenvalue weighted by molar-refractivity contribution is 5.23. The van der Waals surface area contributed by atoms with Gasteiger partial charge < -0.3 is 15.4 Å². The molecule has 1 atom stereocenters. The van der Waals surface area contributed by atoms with Gasteiger partial charge in [0.15, 0.2) is 0 Å². The fourth-order valence-corrected chi connectivity index (χ4v) is 2.06. The van der Waals surface area contributed by atoms with E-state index in [0.29, 0.717) is 17.8 Å². The van der Waals surface area contributed by atoms with Gasteiger partial charge in [0.1, 0.15) is 5.82 Å². The summed E-state index contributed by atoms with van der Waals surface area (Å²) in [5.41, 5.74) is 0.183. The lowest BCUT2D eigenvalue weighted by atomic mass is 10.1. The summed E-state index contributed by atoms with van der Waals surface area (Å²) < 4.78 is 0. The van der Waals surface area contributed by atoms with E-state index in [2.05, 4.69) is 15.3 Å². The maximum absolute atomic E-state index is 11.7. The molecule has 0 amide bonds. The maximum atomic E-state index is 11.7. The first-order chi connectivity index (χ1) is 7.72. The van der Waals surface area contributed by atoms with Crippen LogP contribution in [0.3, 0.4) is 0 Å². The molecule has 2 rings (SSSR count). The fourth-order valence-electron chi connectivity index (χ4n) is 2.06. The predicted octanol–water partition coefficient (Wildman–Crippen LogP) is 0.853. The number of hydrogen-bond acceptors (Lipinski definition) is 4. The standard InChI is InChI=1S/C11H17N3O2/c1-2-4-7-10(15)13-9(14-11(7)16)8-5-3-6-12-8/h8,12H,2-6H2,1H3,(H2,13,14,15,16). The lowest BCUT2D eigenvalue weighted by molar-refractivity contribution is 0.433. The van der Waals surface area contributed by atoms with Crippen molar-refractivity contribution >= 4 is 0 Å². The fraction of sp³-hybridized carbons (Fsp3) is 0.636. The molecule has 2 heterocycles. The van der Waals surface area contributed by atoms with E-state index in [1.807, 2.05) is 6.92 Å². The number of nitrogens with one attached hydrogen (secondary N) is 2.